The first-order valence-corrected chi connectivity index (χ1v) is 8.28. The number of nitrogens with zero attached hydrogens (tertiary/aromatic N) is 1. The molecule has 1 heterocycles. The van der Waals surface area contributed by atoms with Gasteiger partial charge in [0.25, 0.3) is 5.91 Å². The Morgan fingerprint density at radius 2 is 1.96 bits per heavy atom. The second kappa shape index (κ2) is 7.31. The molecule has 0 unspecified atom stereocenters. The van der Waals surface area contributed by atoms with Gasteiger partial charge in [-0.15, -0.1) is 0 Å². The molecule has 1 saturated heterocycles. The van der Waals surface area contributed by atoms with E-state index in [1.54, 1.807) is 24.3 Å². The predicted octanol–water partition coefficient (Wildman–Crippen LogP) is 3.76. The van der Waals surface area contributed by atoms with E-state index in [-0.39, 0.29) is 16.5 Å². The number of amides is 1. The average Bonchev–Trinajstić information content (AvgIpc) is 2.88. The van der Waals surface area contributed by atoms with Crippen molar-refractivity contribution in [3.63, 3.8) is 0 Å². The Bertz CT molecular complexity index is 933. The molecule has 5 nitrogen and oxygen atoms in total. The van der Waals surface area contributed by atoms with Gasteiger partial charge in [-0.2, -0.15) is 0 Å². The first-order valence-electron chi connectivity index (χ1n) is 7.49. The van der Waals surface area contributed by atoms with Crippen molar-refractivity contribution in [1.29, 1.82) is 0 Å². The number of methoxy groups -OCH3 is 2. The maximum Gasteiger partial charge on any atom is 0.281 e. The number of thiocarbonyl (C=S) groups is 1. The van der Waals surface area contributed by atoms with Gasteiger partial charge in [0.1, 0.15) is 11.5 Å². The molecule has 26 heavy (non-hydrogen) atoms. The molecule has 1 fully saturated rings. The maximum absolute atomic E-state index is 14.0. The quantitative estimate of drug-likeness (QED) is 0.634. The largest absolute Gasteiger partial charge is 0.493 e. The third kappa shape index (κ3) is 3.23. The highest BCUT2D eigenvalue weighted by molar-refractivity contribution is 7.80. The Labute approximate surface area is 160 Å². The van der Waals surface area contributed by atoms with Gasteiger partial charge in [-0.25, -0.2) is 9.29 Å². The molecule has 0 atom stereocenters. The van der Waals surface area contributed by atoms with Crippen molar-refractivity contribution in [2.75, 3.05) is 19.1 Å². The van der Waals surface area contributed by atoms with E-state index in [0.717, 1.165) is 4.90 Å². The molecule has 1 N–H and O–H groups in total. The van der Waals surface area contributed by atoms with Crippen LogP contribution in [0.2, 0.25) is 5.02 Å². The Morgan fingerprint density at radius 3 is 2.62 bits per heavy atom. The van der Waals surface area contributed by atoms with Gasteiger partial charge in [0.15, 0.2) is 16.6 Å². The summed E-state index contributed by atoms with van der Waals surface area (Å²) in [6.45, 7) is 0. The van der Waals surface area contributed by atoms with Crippen LogP contribution in [0.15, 0.2) is 42.1 Å². The van der Waals surface area contributed by atoms with Crippen LogP contribution in [0.4, 0.5) is 10.1 Å². The monoisotopic (exact) mass is 392 g/mol. The Kier molecular flexibility index (Phi) is 5.11. The molecule has 0 spiro atoms. The van der Waals surface area contributed by atoms with Crippen molar-refractivity contribution in [3.8, 4) is 11.5 Å². The van der Waals surface area contributed by atoms with Crippen LogP contribution in [0.5, 0.6) is 11.5 Å². The van der Waals surface area contributed by atoms with Crippen molar-refractivity contribution < 1.29 is 18.7 Å². The molecular weight excluding hydrogens is 379 g/mol. The second-order valence-corrected chi connectivity index (χ2v) is 6.11. The smallest absolute Gasteiger partial charge is 0.281 e. The van der Waals surface area contributed by atoms with Gasteiger partial charge < -0.3 is 14.8 Å². The van der Waals surface area contributed by atoms with Gasteiger partial charge in [-0.3, -0.25) is 4.79 Å². The zero-order valence-corrected chi connectivity index (χ0v) is 15.5. The molecule has 0 saturated carbocycles. The molecule has 2 aromatic carbocycles. The Morgan fingerprint density at radius 1 is 1.23 bits per heavy atom. The van der Waals surface area contributed by atoms with E-state index >= 15 is 0 Å². The van der Waals surface area contributed by atoms with Gasteiger partial charge in [-0.05, 0) is 48.1 Å². The molecule has 134 valence electrons. The fourth-order valence-corrected chi connectivity index (χ4v) is 3.16. The summed E-state index contributed by atoms with van der Waals surface area (Å²) < 4.78 is 24.5. The molecule has 0 aromatic heterocycles. The van der Waals surface area contributed by atoms with Crippen LogP contribution >= 0.6 is 23.8 Å². The summed E-state index contributed by atoms with van der Waals surface area (Å²) in [5.74, 6) is -0.192. The minimum atomic E-state index is -0.541. The zero-order valence-electron chi connectivity index (χ0n) is 13.9. The van der Waals surface area contributed by atoms with E-state index in [0.29, 0.717) is 22.1 Å². The third-order valence-electron chi connectivity index (χ3n) is 3.74. The number of hydrogen-bond acceptors (Lipinski definition) is 4. The van der Waals surface area contributed by atoms with Gasteiger partial charge in [0.2, 0.25) is 0 Å². The lowest BCUT2D eigenvalue weighted by molar-refractivity contribution is -0.113. The number of anilines is 1. The minimum Gasteiger partial charge on any atom is -0.493 e. The number of hydrogen-bond donors (Lipinski definition) is 1. The van der Waals surface area contributed by atoms with Crippen LogP contribution in [0.1, 0.15) is 5.56 Å². The van der Waals surface area contributed by atoms with E-state index in [1.165, 1.54) is 32.4 Å². The van der Waals surface area contributed by atoms with E-state index < -0.39 is 11.7 Å². The van der Waals surface area contributed by atoms with Crippen molar-refractivity contribution >= 4 is 46.6 Å². The van der Waals surface area contributed by atoms with Crippen molar-refractivity contribution in [2.24, 2.45) is 0 Å². The van der Waals surface area contributed by atoms with E-state index in [2.05, 4.69) is 5.32 Å². The fourth-order valence-electron chi connectivity index (χ4n) is 2.57. The van der Waals surface area contributed by atoms with Crippen LogP contribution < -0.4 is 19.7 Å². The highest BCUT2D eigenvalue weighted by atomic mass is 35.5. The normalized spacial score (nSPS) is 15.4. The molecule has 2 aromatic rings. The van der Waals surface area contributed by atoms with Crippen LogP contribution in [0.3, 0.4) is 0 Å². The number of benzene rings is 2. The third-order valence-corrected chi connectivity index (χ3v) is 4.30. The summed E-state index contributed by atoms with van der Waals surface area (Å²) in [6.07, 6.45) is 1.56. The number of rotatable bonds is 4. The number of nitrogens with one attached hydrogen (secondary N) is 1. The lowest BCUT2D eigenvalue weighted by Crippen LogP contribution is -2.31. The molecular formula is C18H14ClFN2O3S. The number of carbonyl (C=O) groups excluding carboxylic acids is 1. The molecule has 3 rings (SSSR count). The average molecular weight is 393 g/mol. The SMILES string of the molecule is COc1cc(/C=C2\NC(=S)N(c3ccccc3F)C2=O)cc(Cl)c1OC. The molecule has 1 aliphatic rings. The van der Waals surface area contributed by atoms with E-state index in [4.69, 9.17) is 33.3 Å². The van der Waals surface area contributed by atoms with E-state index in [9.17, 15) is 9.18 Å². The summed E-state index contributed by atoms with van der Waals surface area (Å²) >= 11 is 11.4. The lowest BCUT2D eigenvalue weighted by atomic mass is 10.1. The standard InChI is InChI=1S/C18H14ClFN2O3S/c1-24-15-9-10(7-11(19)16(15)25-2)8-13-17(23)22(18(26)21-13)14-6-4-3-5-12(14)20/h3-9H,1-2H3,(H,21,26)/b13-8-. The van der Waals surface area contributed by atoms with Crippen LogP contribution in [0, 0.1) is 5.82 Å². The molecule has 1 amide bonds. The fraction of sp³-hybridized carbons (Fsp3) is 0.111. The zero-order chi connectivity index (χ0) is 18.8. The second-order valence-electron chi connectivity index (χ2n) is 5.32. The van der Waals surface area contributed by atoms with Crippen LogP contribution in [-0.2, 0) is 4.79 Å². The summed E-state index contributed by atoms with van der Waals surface area (Å²) in [7, 11) is 2.97. The molecule has 0 bridgehead atoms. The number of para-hydroxylation sites is 1. The summed E-state index contributed by atoms with van der Waals surface area (Å²) in [5.41, 5.74) is 0.881. The Balaban J connectivity index is 1.99. The molecule has 8 heteroatoms. The van der Waals surface area contributed by atoms with Crippen LogP contribution in [0.25, 0.3) is 6.08 Å². The summed E-state index contributed by atoms with van der Waals surface area (Å²) in [6, 6.07) is 9.21. The lowest BCUT2D eigenvalue weighted by Gasteiger charge is -2.14. The molecule has 0 radical (unpaired) electrons. The van der Waals surface area contributed by atoms with E-state index in [1.807, 2.05) is 0 Å². The molecule has 0 aliphatic carbocycles. The summed E-state index contributed by atoms with van der Waals surface area (Å²) in [4.78, 5) is 13.8. The van der Waals surface area contributed by atoms with Crippen molar-refractivity contribution in [2.45, 2.75) is 0 Å². The maximum atomic E-state index is 14.0. The molecule has 1 aliphatic heterocycles. The first kappa shape index (κ1) is 18.2. The highest BCUT2D eigenvalue weighted by Gasteiger charge is 2.33. The van der Waals surface area contributed by atoms with Gasteiger partial charge in [0.05, 0.1) is 24.9 Å². The Hall–Kier alpha value is -2.64. The van der Waals surface area contributed by atoms with Gasteiger partial charge >= 0.3 is 0 Å². The first-order chi connectivity index (χ1) is 12.5. The van der Waals surface area contributed by atoms with Crippen LogP contribution in [-0.4, -0.2) is 25.2 Å². The van der Waals surface area contributed by atoms with Gasteiger partial charge in [0, 0.05) is 0 Å². The highest BCUT2D eigenvalue weighted by Crippen LogP contribution is 2.37. The predicted molar refractivity (Wildman–Crippen MR) is 102 cm³/mol. The number of carbonyl (C=O) groups is 1. The topological polar surface area (TPSA) is 50.8 Å². The summed E-state index contributed by atoms with van der Waals surface area (Å²) in [5, 5.41) is 3.23. The number of halogens is 2. The van der Waals surface area contributed by atoms with Crippen molar-refractivity contribution in [1.82, 2.24) is 5.32 Å². The minimum absolute atomic E-state index is 0.0868. The van der Waals surface area contributed by atoms with Gasteiger partial charge in [-0.1, -0.05) is 23.7 Å². The number of ether oxygens (including phenoxy) is 2. The van der Waals surface area contributed by atoms with Crippen molar-refractivity contribution in [3.05, 3.63) is 58.5 Å².